The molecular formula is C9H12BrN3O2. The topological polar surface area (TPSA) is 67.2 Å². The predicted octanol–water partition coefficient (Wildman–Crippen LogP) is 0.596. The first kappa shape index (κ1) is 11.9. The molecule has 1 aromatic heterocycles. The minimum Gasteiger partial charge on any atom is -0.394 e. The van der Waals surface area contributed by atoms with Crippen molar-refractivity contribution < 1.29 is 5.11 Å². The lowest BCUT2D eigenvalue weighted by Gasteiger charge is -2.07. The Kier molecular flexibility index (Phi) is 4.51. The lowest BCUT2D eigenvalue weighted by atomic mass is 10.4. The molecule has 1 rings (SSSR count). The van der Waals surface area contributed by atoms with Crippen LogP contribution in [0, 0.1) is 0 Å². The highest BCUT2D eigenvalue weighted by Gasteiger charge is 2.07. The van der Waals surface area contributed by atoms with E-state index in [0.717, 1.165) is 0 Å². The minimum atomic E-state index is -0.266. The van der Waals surface area contributed by atoms with Gasteiger partial charge in [0.2, 0.25) is 0 Å². The average molecular weight is 274 g/mol. The highest BCUT2D eigenvalue weighted by atomic mass is 79.9. The van der Waals surface area contributed by atoms with E-state index >= 15 is 0 Å². The van der Waals surface area contributed by atoms with E-state index in [9.17, 15) is 4.79 Å². The zero-order valence-electron chi connectivity index (χ0n) is 8.11. The van der Waals surface area contributed by atoms with E-state index in [2.05, 4.69) is 32.9 Å². The monoisotopic (exact) mass is 273 g/mol. The molecule has 0 saturated carbocycles. The van der Waals surface area contributed by atoms with Gasteiger partial charge in [-0.05, 0) is 15.9 Å². The normalized spacial score (nSPS) is 10.0. The van der Waals surface area contributed by atoms with Gasteiger partial charge in [-0.25, -0.2) is 4.68 Å². The van der Waals surface area contributed by atoms with E-state index in [1.807, 2.05) is 0 Å². The fourth-order valence-corrected chi connectivity index (χ4v) is 1.47. The number of halogens is 1. The Labute approximate surface area is 95.6 Å². The first-order valence-electron chi connectivity index (χ1n) is 4.42. The number of anilines is 1. The van der Waals surface area contributed by atoms with Crippen LogP contribution in [0.5, 0.6) is 0 Å². The summed E-state index contributed by atoms with van der Waals surface area (Å²) in [4.78, 5) is 11.6. The van der Waals surface area contributed by atoms with Crippen molar-refractivity contribution >= 4 is 21.6 Å². The van der Waals surface area contributed by atoms with Crippen molar-refractivity contribution in [3.05, 3.63) is 33.7 Å². The number of aliphatic hydroxyl groups is 1. The Morgan fingerprint density at radius 2 is 2.47 bits per heavy atom. The molecule has 1 heterocycles. The molecule has 0 unspecified atom stereocenters. The number of nitrogens with zero attached hydrogens (tertiary/aromatic N) is 2. The van der Waals surface area contributed by atoms with Crippen molar-refractivity contribution in [3.63, 3.8) is 0 Å². The highest BCUT2D eigenvalue weighted by molar-refractivity contribution is 9.10. The molecule has 0 spiro atoms. The van der Waals surface area contributed by atoms with Crippen LogP contribution in [0.1, 0.15) is 0 Å². The summed E-state index contributed by atoms with van der Waals surface area (Å²) in [6.45, 7) is 4.20. The Bertz CT molecular complexity index is 403. The first-order valence-corrected chi connectivity index (χ1v) is 5.21. The van der Waals surface area contributed by atoms with Crippen molar-refractivity contribution in [2.75, 3.05) is 18.5 Å². The molecule has 0 fully saturated rings. The molecule has 0 amide bonds. The van der Waals surface area contributed by atoms with E-state index in [-0.39, 0.29) is 18.7 Å². The number of aromatic nitrogens is 2. The van der Waals surface area contributed by atoms with Gasteiger partial charge in [-0.2, -0.15) is 5.10 Å². The second-order valence-electron chi connectivity index (χ2n) is 2.79. The van der Waals surface area contributed by atoms with E-state index < -0.39 is 0 Å². The summed E-state index contributed by atoms with van der Waals surface area (Å²) >= 11 is 3.18. The third kappa shape index (κ3) is 2.90. The molecule has 82 valence electrons. The second-order valence-corrected chi connectivity index (χ2v) is 3.59. The predicted molar refractivity (Wildman–Crippen MR) is 62.0 cm³/mol. The third-order valence-corrected chi connectivity index (χ3v) is 2.50. The molecule has 2 N–H and O–H groups in total. The SMILES string of the molecule is C=CCNc1cnn(CCO)c(=O)c1Br. The maximum absolute atomic E-state index is 11.6. The van der Waals surface area contributed by atoms with Gasteiger partial charge in [-0.3, -0.25) is 4.79 Å². The zero-order valence-corrected chi connectivity index (χ0v) is 9.70. The molecule has 0 aliphatic carbocycles. The van der Waals surface area contributed by atoms with E-state index in [1.165, 1.54) is 10.9 Å². The van der Waals surface area contributed by atoms with E-state index in [1.54, 1.807) is 6.08 Å². The van der Waals surface area contributed by atoms with Crippen LogP contribution in [-0.4, -0.2) is 28.0 Å². The molecule has 0 aromatic carbocycles. The summed E-state index contributed by atoms with van der Waals surface area (Å²) in [6.07, 6.45) is 3.22. The van der Waals surface area contributed by atoms with Gasteiger partial charge >= 0.3 is 0 Å². The number of hydrogen-bond acceptors (Lipinski definition) is 4. The maximum atomic E-state index is 11.6. The van der Waals surface area contributed by atoms with Crippen LogP contribution >= 0.6 is 15.9 Å². The van der Waals surface area contributed by atoms with Gasteiger partial charge in [-0.15, -0.1) is 6.58 Å². The Balaban J connectivity index is 2.98. The van der Waals surface area contributed by atoms with Crippen LogP contribution in [0.2, 0.25) is 0 Å². The zero-order chi connectivity index (χ0) is 11.3. The second kappa shape index (κ2) is 5.67. The average Bonchev–Trinajstić information content (AvgIpc) is 2.24. The quantitative estimate of drug-likeness (QED) is 0.771. The Morgan fingerprint density at radius 3 is 3.07 bits per heavy atom. The standard InChI is InChI=1S/C9H12BrN3O2/c1-2-3-11-7-6-12-13(4-5-14)9(15)8(7)10/h2,6,11,14H,1,3-5H2. The Hall–Kier alpha value is -1.14. The molecule has 5 nitrogen and oxygen atoms in total. The molecule has 1 aromatic rings. The summed E-state index contributed by atoms with van der Waals surface area (Å²) < 4.78 is 1.61. The van der Waals surface area contributed by atoms with E-state index in [4.69, 9.17) is 5.11 Å². The van der Waals surface area contributed by atoms with Crippen molar-refractivity contribution in [3.8, 4) is 0 Å². The van der Waals surface area contributed by atoms with Gasteiger partial charge in [-0.1, -0.05) is 6.08 Å². The van der Waals surface area contributed by atoms with Crippen molar-refractivity contribution in [1.29, 1.82) is 0 Å². The molecule has 6 heteroatoms. The Morgan fingerprint density at radius 1 is 1.73 bits per heavy atom. The van der Waals surface area contributed by atoms with Gasteiger partial charge in [0.1, 0.15) is 4.47 Å². The molecule has 0 saturated heterocycles. The first-order chi connectivity index (χ1) is 7.20. The third-order valence-electron chi connectivity index (χ3n) is 1.73. The number of nitrogens with one attached hydrogen (secondary N) is 1. The van der Waals surface area contributed by atoms with Crippen molar-refractivity contribution in [1.82, 2.24) is 9.78 Å². The summed E-state index contributed by atoms with van der Waals surface area (Å²) in [5, 5.41) is 15.6. The smallest absolute Gasteiger partial charge is 0.283 e. The van der Waals surface area contributed by atoms with Crippen LogP contribution in [-0.2, 0) is 6.54 Å². The van der Waals surface area contributed by atoms with Gasteiger partial charge in [0.05, 0.1) is 25.0 Å². The van der Waals surface area contributed by atoms with Crippen LogP contribution in [0.4, 0.5) is 5.69 Å². The molecule has 0 bridgehead atoms. The lowest BCUT2D eigenvalue weighted by Crippen LogP contribution is -2.25. The van der Waals surface area contributed by atoms with Crippen molar-refractivity contribution in [2.45, 2.75) is 6.54 Å². The molecule has 0 aliphatic rings. The molecule has 0 aliphatic heterocycles. The molecular weight excluding hydrogens is 262 g/mol. The van der Waals surface area contributed by atoms with Crippen LogP contribution < -0.4 is 10.9 Å². The summed E-state index contributed by atoms with van der Waals surface area (Å²) in [6, 6.07) is 0. The largest absolute Gasteiger partial charge is 0.394 e. The van der Waals surface area contributed by atoms with Crippen LogP contribution in [0.15, 0.2) is 28.1 Å². The van der Waals surface area contributed by atoms with Crippen LogP contribution in [0.3, 0.4) is 0 Å². The fraction of sp³-hybridized carbons (Fsp3) is 0.333. The molecule has 0 radical (unpaired) electrons. The molecule has 0 atom stereocenters. The summed E-state index contributed by atoms with van der Waals surface area (Å²) in [7, 11) is 0. The van der Waals surface area contributed by atoms with E-state index in [0.29, 0.717) is 16.7 Å². The van der Waals surface area contributed by atoms with Crippen molar-refractivity contribution in [2.24, 2.45) is 0 Å². The van der Waals surface area contributed by atoms with Gasteiger partial charge in [0.15, 0.2) is 0 Å². The van der Waals surface area contributed by atoms with Gasteiger partial charge < -0.3 is 10.4 Å². The van der Waals surface area contributed by atoms with Gasteiger partial charge in [0.25, 0.3) is 5.56 Å². The van der Waals surface area contributed by atoms with Gasteiger partial charge in [0, 0.05) is 6.54 Å². The maximum Gasteiger partial charge on any atom is 0.283 e. The van der Waals surface area contributed by atoms with Crippen LogP contribution in [0.25, 0.3) is 0 Å². The minimum absolute atomic E-state index is 0.112. The summed E-state index contributed by atoms with van der Waals surface area (Å²) in [5.74, 6) is 0. The number of aliphatic hydroxyl groups excluding tert-OH is 1. The fourth-order valence-electron chi connectivity index (χ4n) is 1.02. The summed E-state index contributed by atoms with van der Waals surface area (Å²) in [5.41, 5.74) is 0.354. The number of hydrogen-bond donors (Lipinski definition) is 2. The lowest BCUT2D eigenvalue weighted by molar-refractivity contribution is 0.266. The highest BCUT2D eigenvalue weighted by Crippen LogP contribution is 2.15. The molecule has 15 heavy (non-hydrogen) atoms. The number of rotatable bonds is 5.